The van der Waals surface area contributed by atoms with Crippen LogP contribution in [0.3, 0.4) is 0 Å². The Bertz CT molecular complexity index is 1000. The summed E-state index contributed by atoms with van der Waals surface area (Å²) >= 11 is 7.19. The zero-order chi connectivity index (χ0) is 20.1. The van der Waals surface area contributed by atoms with Gasteiger partial charge in [-0.3, -0.25) is 19.6 Å². The summed E-state index contributed by atoms with van der Waals surface area (Å²) in [5.74, 6) is -0.265. The van der Waals surface area contributed by atoms with Crippen molar-refractivity contribution in [2.24, 2.45) is 0 Å². The van der Waals surface area contributed by atoms with Crippen LogP contribution in [0.15, 0.2) is 64.6 Å². The van der Waals surface area contributed by atoms with E-state index in [-0.39, 0.29) is 18.0 Å². The van der Waals surface area contributed by atoms with Crippen molar-refractivity contribution >= 4 is 40.6 Å². The van der Waals surface area contributed by atoms with Crippen LogP contribution in [0.5, 0.6) is 0 Å². The number of nitro groups is 1. The number of amides is 1. The first-order valence-electron chi connectivity index (χ1n) is 8.41. The van der Waals surface area contributed by atoms with Crippen molar-refractivity contribution in [3.05, 3.63) is 75.6 Å². The second-order valence-electron chi connectivity index (χ2n) is 6.11. The van der Waals surface area contributed by atoms with E-state index >= 15 is 0 Å². The molecule has 0 aliphatic heterocycles. The Kier molecular flexibility index (Phi) is 6.33. The smallest absolute Gasteiger partial charge is 0.272 e. The first-order chi connectivity index (χ1) is 13.4. The molecule has 0 spiro atoms. The van der Waals surface area contributed by atoms with Crippen LogP contribution in [0.1, 0.15) is 12.0 Å². The minimum atomic E-state index is -0.472. The maximum atomic E-state index is 12.2. The van der Waals surface area contributed by atoms with Crippen molar-refractivity contribution in [1.82, 2.24) is 9.78 Å². The molecular formula is C19H17ClN4O3S. The lowest BCUT2D eigenvalue weighted by atomic mass is 10.2. The number of nitrogens with zero attached hydrogens (tertiary/aromatic N) is 3. The number of benzene rings is 2. The number of nitro benzene ring substituents is 1. The average Bonchev–Trinajstić information content (AvgIpc) is 3.07. The van der Waals surface area contributed by atoms with Crippen LogP contribution in [-0.4, -0.2) is 20.6 Å². The molecule has 0 radical (unpaired) electrons. The summed E-state index contributed by atoms with van der Waals surface area (Å²) in [6.45, 7) is 2.35. The number of rotatable bonds is 7. The molecule has 0 fully saturated rings. The number of nitrogens with one attached hydrogen (secondary N) is 1. The Balaban J connectivity index is 1.72. The van der Waals surface area contributed by atoms with E-state index in [0.717, 1.165) is 10.5 Å². The molecule has 9 heteroatoms. The van der Waals surface area contributed by atoms with E-state index in [1.165, 1.54) is 30.1 Å². The van der Waals surface area contributed by atoms with E-state index in [2.05, 4.69) is 10.4 Å². The number of hydrogen-bond acceptors (Lipinski definition) is 5. The van der Waals surface area contributed by atoms with Gasteiger partial charge in [-0.2, -0.15) is 5.10 Å². The zero-order valence-corrected chi connectivity index (χ0v) is 16.5. The Morgan fingerprint density at radius 3 is 2.64 bits per heavy atom. The number of carbonyl (C=O) groups is 1. The van der Waals surface area contributed by atoms with Gasteiger partial charge < -0.3 is 5.32 Å². The number of halogens is 1. The zero-order valence-electron chi connectivity index (χ0n) is 15.0. The fourth-order valence-electron chi connectivity index (χ4n) is 2.46. The van der Waals surface area contributed by atoms with Gasteiger partial charge >= 0.3 is 0 Å². The molecule has 0 saturated heterocycles. The fraction of sp³-hybridized carbons (Fsp3) is 0.158. The molecule has 1 amide bonds. The van der Waals surface area contributed by atoms with Crippen LogP contribution >= 0.6 is 23.4 Å². The van der Waals surface area contributed by atoms with E-state index in [9.17, 15) is 14.9 Å². The predicted octanol–water partition coefficient (Wildman–Crippen LogP) is 4.93. The van der Waals surface area contributed by atoms with Gasteiger partial charge in [0.05, 0.1) is 16.1 Å². The van der Waals surface area contributed by atoms with Gasteiger partial charge in [0, 0.05) is 46.8 Å². The van der Waals surface area contributed by atoms with E-state index < -0.39 is 4.92 Å². The highest BCUT2D eigenvalue weighted by atomic mass is 35.5. The van der Waals surface area contributed by atoms with E-state index in [1.807, 2.05) is 31.2 Å². The number of anilines is 1. The first kappa shape index (κ1) is 19.9. The molecule has 1 aromatic heterocycles. The Morgan fingerprint density at radius 1 is 1.25 bits per heavy atom. The third-order valence-corrected chi connectivity index (χ3v) is 4.99. The molecule has 144 valence electrons. The molecule has 2 aromatic carbocycles. The number of aromatic nitrogens is 2. The van der Waals surface area contributed by atoms with Crippen LogP contribution < -0.4 is 5.32 Å². The van der Waals surface area contributed by atoms with Gasteiger partial charge in [0.1, 0.15) is 0 Å². The molecule has 3 rings (SSSR count). The molecule has 0 bridgehead atoms. The molecule has 0 aliphatic carbocycles. The molecular weight excluding hydrogens is 400 g/mol. The topological polar surface area (TPSA) is 90.1 Å². The summed E-state index contributed by atoms with van der Waals surface area (Å²) in [4.78, 5) is 24.6. The highest BCUT2D eigenvalue weighted by Crippen LogP contribution is 2.33. The number of carbonyl (C=O) groups excluding carboxylic acids is 1. The number of hydrogen-bond donors (Lipinski definition) is 1. The van der Waals surface area contributed by atoms with Gasteiger partial charge in [-0.1, -0.05) is 41.1 Å². The third kappa shape index (κ3) is 5.58. The van der Waals surface area contributed by atoms with Gasteiger partial charge in [0.2, 0.25) is 5.91 Å². The van der Waals surface area contributed by atoms with Crippen LogP contribution in [0.25, 0.3) is 0 Å². The van der Waals surface area contributed by atoms with Gasteiger partial charge in [-0.05, 0) is 25.1 Å². The van der Waals surface area contributed by atoms with Crippen LogP contribution in [0.2, 0.25) is 5.02 Å². The van der Waals surface area contributed by atoms with Crippen LogP contribution in [0, 0.1) is 17.0 Å². The van der Waals surface area contributed by atoms with Crippen LogP contribution in [-0.2, 0) is 11.3 Å². The van der Waals surface area contributed by atoms with Crippen molar-refractivity contribution in [3.8, 4) is 0 Å². The van der Waals surface area contributed by atoms with Crippen molar-refractivity contribution in [3.63, 3.8) is 0 Å². The van der Waals surface area contributed by atoms with Crippen molar-refractivity contribution < 1.29 is 9.72 Å². The molecule has 1 heterocycles. The van der Waals surface area contributed by atoms with Gasteiger partial charge in [0.15, 0.2) is 0 Å². The Hall–Kier alpha value is -2.84. The minimum Gasteiger partial charge on any atom is -0.326 e. The quantitative estimate of drug-likeness (QED) is 0.435. The molecule has 7 nitrogen and oxygen atoms in total. The Labute approximate surface area is 170 Å². The highest BCUT2D eigenvalue weighted by Gasteiger charge is 2.13. The van der Waals surface area contributed by atoms with Gasteiger partial charge in [0.25, 0.3) is 5.69 Å². The molecule has 3 aromatic rings. The number of aryl methyl sites for hydroxylation is 2. The monoisotopic (exact) mass is 416 g/mol. The standard InChI is InChI=1S/C19H17ClN4O3S/c1-13-2-4-17(5-3-13)28-18-9-15(8-16(10-18)24(26)27)22-19(25)6-7-23-12-14(20)11-21-23/h2-5,8-12H,6-7H2,1H3,(H,22,25). The Morgan fingerprint density at radius 2 is 2.00 bits per heavy atom. The maximum Gasteiger partial charge on any atom is 0.272 e. The third-order valence-electron chi connectivity index (χ3n) is 3.81. The van der Waals surface area contributed by atoms with Crippen LogP contribution in [0.4, 0.5) is 11.4 Å². The summed E-state index contributed by atoms with van der Waals surface area (Å²) < 4.78 is 1.56. The first-order valence-corrected chi connectivity index (χ1v) is 9.60. The summed E-state index contributed by atoms with van der Waals surface area (Å²) in [5, 5.41) is 18.5. The summed E-state index contributed by atoms with van der Waals surface area (Å²) in [6.07, 6.45) is 3.29. The van der Waals surface area contributed by atoms with Crippen molar-refractivity contribution in [2.45, 2.75) is 29.7 Å². The molecule has 0 unspecified atom stereocenters. The van der Waals surface area contributed by atoms with E-state index in [4.69, 9.17) is 11.6 Å². The van der Waals surface area contributed by atoms with Gasteiger partial charge in [-0.15, -0.1) is 0 Å². The predicted molar refractivity (Wildman–Crippen MR) is 109 cm³/mol. The molecule has 0 atom stereocenters. The molecule has 1 N–H and O–H groups in total. The minimum absolute atomic E-state index is 0.0775. The molecule has 28 heavy (non-hydrogen) atoms. The highest BCUT2D eigenvalue weighted by molar-refractivity contribution is 7.99. The summed E-state index contributed by atoms with van der Waals surface area (Å²) in [7, 11) is 0. The summed E-state index contributed by atoms with van der Waals surface area (Å²) in [5.41, 5.74) is 1.44. The lowest BCUT2D eigenvalue weighted by molar-refractivity contribution is -0.385. The van der Waals surface area contributed by atoms with Crippen molar-refractivity contribution in [2.75, 3.05) is 5.32 Å². The largest absolute Gasteiger partial charge is 0.326 e. The number of non-ortho nitro benzene ring substituents is 1. The lowest BCUT2D eigenvalue weighted by Crippen LogP contribution is -2.14. The molecule has 0 saturated carbocycles. The maximum absolute atomic E-state index is 12.2. The van der Waals surface area contributed by atoms with Gasteiger partial charge in [-0.25, -0.2) is 0 Å². The SMILES string of the molecule is Cc1ccc(Sc2cc(NC(=O)CCn3cc(Cl)cn3)cc([N+](=O)[O-])c2)cc1. The van der Waals surface area contributed by atoms with Crippen molar-refractivity contribution in [1.29, 1.82) is 0 Å². The van der Waals surface area contributed by atoms with E-state index in [0.29, 0.717) is 22.2 Å². The average molecular weight is 417 g/mol. The fourth-order valence-corrected chi connectivity index (χ4v) is 3.53. The second kappa shape index (κ2) is 8.90. The van der Waals surface area contributed by atoms with E-state index in [1.54, 1.807) is 16.9 Å². The normalized spacial score (nSPS) is 10.6. The summed E-state index contributed by atoms with van der Waals surface area (Å²) in [6, 6.07) is 12.4. The molecule has 0 aliphatic rings. The lowest BCUT2D eigenvalue weighted by Gasteiger charge is -2.08. The second-order valence-corrected chi connectivity index (χ2v) is 7.69.